The van der Waals surface area contributed by atoms with Crippen molar-refractivity contribution in [3.05, 3.63) is 30.4 Å². The zero-order chi connectivity index (χ0) is 19.0. The quantitative estimate of drug-likeness (QED) is 0.647. The average Bonchev–Trinajstić information content (AvgIpc) is 3.27. The predicted octanol–water partition coefficient (Wildman–Crippen LogP) is 4.46. The second-order valence-electron chi connectivity index (χ2n) is 7.72. The van der Waals surface area contributed by atoms with Gasteiger partial charge < -0.3 is 14.2 Å². The molecule has 1 saturated heterocycles. The highest BCUT2D eigenvalue weighted by Gasteiger charge is 2.29. The molecule has 1 aliphatic heterocycles. The van der Waals surface area contributed by atoms with Crippen LogP contribution in [0, 0.1) is 0 Å². The third-order valence-electron chi connectivity index (χ3n) is 4.49. The van der Waals surface area contributed by atoms with Gasteiger partial charge in [0.1, 0.15) is 5.60 Å². The molecule has 7 nitrogen and oxygen atoms in total. The first-order valence-corrected chi connectivity index (χ1v) is 9.86. The van der Waals surface area contributed by atoms with E-state index in [1.807, 2.05) is 39.1 Å². The monoisotopic (exact) mass is 386 g/mol. The molecule has 0 aromatic carbocycles. The van der Waals surface area contributed by atoms with Crippen molar-refractivity contribution in [3.8, 4) is 10.8 Å². The van der Waals surface area contributed by atoms with E-state index in [1.54, 1.807) is 22.4 Å². The molecule has 142 valence electrons. The summed E-state index contributed by atoms with van der Waals surface area (Å²) in [5.74, 6) is 1.45. The van der Waals surface area contributed by atoms with Crippen LogP contribution in [-0.2, 0) is 4.74 Å². The molecule has 8 heteroatoms. The topological polar surface area (TPSA) is 81.4 Å². The fraction of sp³-hybridized carbons (Fsp3) is 0.474. The minimum absolute atomic E-state index is 0.192. The molecule has 0 spiro atoms. The number of nitrogens with zero attached hydrogens (tertiary/aromatic N) is 4. The van der Waals surface area contributed by atoms with E-state index in [1.165, 1.54) is 0 Å². The van der Waals surface area contributed by atoms with E-state index in [2.05, 4.69) is 15.1 Å². The summed E-state index contributed by atoms with van der Waals surface area (Å²) in [6.45, 7) is 6.91. The Balaban J connectivity index is 1.42. The van der Waals surface area contributed by atoms with E-state index in [-0.39, 0.29) is 12.0 Å². The molecule has 0 radical (unpaired) electrons. The Morgan fingerprint density at radius 2 is 2.11 bits per heavy atom. The molecule has 0 atom stereocenters. The summed E-state index contributed by atoms with van der Waals surface area (Å²) >= 11 is 1.59. The zero-order valence-corrected chi connectivity index (χ0v) is 16.5. The number of rotatable bonds is 2. The number of hydrogen-bond acceptors (Lipinski definition) is 7. The van der Waals surface area contributed by atoms with Crippen LogP contribution in [0.2, 0.25) is 0 Å². The largest absolute Gasteiger partial charge is 0.444 e. The Bertz CT molecular complexity index is 918. The maximum atomic E-state index is 12.2. The van der Waals surface area contributed by atoms with Gasteiger partial charge in [-0.25, -0.2) is 4.79 Å². The first kappa shape index (κ1) is 17.9. The molecule has 1 fully saturated rings. The molecule has 0 unspecified atom stereocenters. The van der Waals surface area contributed by atoms with Gasteiger partial charge in [0.25, 0.3) is 5.89 Å². The molecular weight excluding hydrogens is 364 g/mol. The van der Waals surface area contributed by atoms with Crippen molar-refractivity contribution in [2.45, 2.75) is 45.1 Å². The molecule has 3 aromatic heterocycles. The van der Waals surface area contributed by atoms with E-state index < -0.39 is 5.60 Å². The highest BCUT2D eigenvalue weighted by Crippen LogP contribution is 2.34. The molecule has 4 heterocycles. The second kappa shape index (κ2) is 6.92. The van der Waals surface area contributed by atoms with Gasteiger partial charge in [-0.3, -0.25) is 4.98 Å². The van der Waals surface area contributed by atoms with E-state index in [0.717, 1.165) is 27.8 Å². The molecule has 1 amide bonds. The molecule has 27 heavy (non-hydrogen) atoms. The molecule has 3 aromatic rings. The van der Waals surface area contributed by atoms with Crippen molar-refractivity contribution in [1.29, 1.82) is 0 Å². The lowest BCUT2D eigenvalue weighted by atomic mass is 9.96. The minimum atomic E-state index is -0.476. The summed E-state index contributed by atoms with van der Waals surface area (Å²) in [6, 6.07) is 4.02. The summed E-state index contributed by atoms with van der Waals surface area (Å²) in [7, 11) is 0. The van der Waals surface area contributed by atoms with Gasteiger partial charge >= 0.3 is 6.09 Å². The van der Waals surface area contributed by atoms with Gasteiger partial charge in [-0.05, 0) is 51.1 Å². The lowest BCUT2D eigenvalue weighted by molar-refractivity contribution is 0.0203. The fourth-order valence-electron chi connectivity index (χ4n) is 3.14. The number of thiophene rings is 1. The summed E-state index contributed by atoms with van der Waals surface area (Å²) in [4.78, 5) is 23.6. The average molecular weight is 386 g/mol. The first-order valence-electron chi connectivity index (χ1n) is 9.04. The van der Waals surface area contributed by atoms with Gasteiger partial charge in [-0.1, -0.05) is 5.16 Å². The van der Waals surface area contributed by atoms with Crippen LogP contribution in [0.25, 0.3) is 20.9 Å². The highest BCUT2D eigenvalue weighted by molar-refractivity contribution is 7.22. The number of pyridine rings is 1. The lowest BCUT2D eigenvalue weighted by Gasteiger charge is -2.32. The molecular formula is C19H22N4O3S. The summed E-state index contributed by atoms with van der Waals surface area (Å²) < 4.78 is 12.0. The number of likely N-dealkylation sites (tertiary alicyclic amines) is 1. The molecule has 0 bridgehead atoms. The van der Waals surface area contributed by atoms with Crippen LogP contribution in [0.4, 0.5) is 4.79 Å². The molecule has 0 saturated carbocycles. The van der Waals surface area contributed by atoms with E-state index in [4.69, 9.17) is 9.26 Å². The molecule has 1 aliphatic rings. The van der Waals surface area contributed by atoms with Crippen LogP contribution in [-0.4, -0.2) is 44.8 Å². The van der Waals surface area contributed by atoms with Gasteiger partial charge in [0, 0.05) is 31.4 Å². The summed E-state index contributed by atoms with van der Waals surface area (Å²) in [6.07, 6.45) is 4.96. The van der Waals surface area contributed by atoms with Gasteiger partial charge in [-0.2, -0.15) is 4.98 Å². The van der Waals surface area contributed by atoms with Crippen LogP contribution in [0.1, 0.15) is 45.4 Å². The number of amides is 1. The third-order valence-corrected chi connectivity index (χ3v) is 5.56. The van der Waals surface area contributed by atoms with Crippen LogP contribution in [0.15, 0.2) is 29.0 Å². The van der Waals surface area contributed by atoms with Gasteiger partial charge in [0.2, 0.25) is 0 Å². The standard InChI is InChI=1S/C19H22N4O3S/c1-19(2,3)25-18(24)23-8-5-12(6-9-23)16-21-17(26-22-16)14-10-13-4-7-20-11-15(13)27-14/h4,7,10-12H,5-6,8-9H2,1-3H3. The predicted molar refractivity (Wildman–Crippen MR) is 103 cm³/mol. The normalized spacial score (nSPS) is 16.0. The number of fused-ring (bicyclic) bond motifs is 1. The SMILES string of the molecule is CC(C)(C)OC(=O)N1CCC(c2noc(-c3cc4ccncc4s3)n2)CC1. The lowest BCUT2D eigenvalue weighted by Crippen LogP contribution is -2.41. The summed E-state index contributed by atoms with van der Waals surface area (Å²) in [5.41, 5.74) is -0.476. The second-order valence-corrected chi connectivity index (χ2v) is 8.81. The Kier molecular flexibility index (Phi) is 4.59. The van der Waals surface area contributed by atoms with Crippen LogP contribution >= 0.6 is 11.3 Å². The van der Waals surface area contributed by atoms with Crippen molar-refractivity contribution >= 4 is 27.5 Å². The summed E-state index contributed by atoms with van der Waals surface area (Å²) in [5, 5.41) is 5.31. The van der Waals surface area contributed by atoms with Crippen molar-refractivity contribution in [1.82, 2.24) is 20.0 Å². The molecule has 0 N–H and O–H groups in total. The third kappa shape index (κ3) is 3.95. The van der Waals surface area contributed by atoms with Crippen molar-refractivity contribution in [3.63, 3.8) is 0 Å². The van der Waals surface area contributed by atoms with Gasteiger partial charge in [0.05, 0.1) is 9.58 Å². The smallest absolute Gasteiger partial charge is 0.410 e. The maximum Gasteiger partial charge on any atom is 0.410 e. The van der Waals surface area contributed by atoms with Crippen LogP contribution < -0.4 is 0 Å². The zero-order valence-electron chi connectivity index (χ0n) is 15.6. The molecule has 0 aliphatic carbocycles. The Labute approximate surface area is 161 Å². The number of piperidine rings is 1. The number of carbonyl (C=O) groups excluding carboxylic acids is 1. The minimum Gasteiger partial charge on any atom is -0.444 e. The van der Waals surface area contributed by atoms with E-state index >= 15 is 0 Å². The Morgan fingerprint density at radius 3 is 2.81 bits per heavy atom. The van der Waals surface area contributed by atoms with Gasteiger partial charge in [0.15, 0.2) is 5.82 Å². The van der Waals surface area contributed by atoms with E-state index in [9.17, 15) is 4.79 Å². The maximum absolute atomic E-state index is 12.2. The number of hydrogen-bond donors (Lipinski definition) is 0. The Morgan fingerprint density at radius 1 is 1.33 bits per heavy atom. The molecule has 4 rings (SSSR count). The Hall–Kier alpha value is -2.48. The number of aromatic nitrogens is 3. The first-order chi connectivity index (χ1) is 12.9. The number of carbonyl (C=O) groups is 1. The van der Waals surface area contributed by atoms with Crippen molar-refractivity contribution < 1.29 is 14.1 Å². The number of ether oxygens (including phenoxy) is 1. The van der Waals surface area contributed by atoms with Crippen LogP contribution in [0.5, 0.6) is 0 Å². The van der Waals surface area contributed by atoms with E-state index in [0.29, 0.717) is 24.8 Å². The van der Waals surface area contributed by atoms with Crippen molar-refractivity contribution in [2.75, 3.05) is 13.1 Å². The van der Waals surface area contributed by atoms with Gasteiger partial charge in [-0.15, -0.1) is 11.3 Å². The highest BCUT2D eigenvalue weighted by atomic mass is 32.1. The van der Waals surface area contributed by atoms with Crippen molar-refractivity contribution in [2.24, 2.45) is 0 Å². The van der Waals surface area contributed by atoms with Crippen LogP contribution in [0.3, 0.4) is 0 Å². The fourth-order valence-corrected chi connectivity index (χ4v) is 4.09.